The monoisotopic (exact) mass is 347 g/mol. The van der Waals surface area contributed by atoms with Gasteiger partial charge in [0.2, 0.25) is 0 Å². The average Bonchev–Trinajstić information content (AvgIpc) is 3.29. The lowest BCUT2D eigenvalue weighted by Crippen LogP contribution is -2.30. The first-order valence-corrected chi connectivity index (χ1v) is 8.81. The topological polar surface area (TPSA) is 64.6 Å². The molecule has 1 aliphatic heterocycles. The standard InChI is InChI=1S/C17H21N3O3S/c1-4-13-16(24-19-18-13)17(21)20-9-5-6-14(20)12-10-11(22-2)7-8-15(12)23-3/h7-8,10,14H,4-6,9H2,1-3H3/t14-/m0/s1. The molecule has 1 atom stereocenters. The van der Waals surface area contributed by atoms with Gasteiger partial charge in [-0.25, -0.2) is 0 Å². The van der Waals surface area contributed by atoms with Crippen molar-refractivity contribution in [1.82, 2.24) is 14.5 Å². The molecule has 0 spiro atoms. The molecule has 1 aromatic carbocycles. The van der Waals surface area contributed by atoms with Crippen molar-refractivity contribution in [3.63, 3.8) is 0 Å². The predicted molar refractivity (Wildman–Crippen MR) is 91.8 cm³/mol. The first kappa shape index (κ1) is 16.7. The molecule has 0 saturated carbocycles. The van der Waals surface area contributed by atoms with Crippen LogP contribution in [0, 0.1) is 0 Å². The molecule has 1 fully saturated rings. The van der Waals surface area contributed by atoms with Gasteiger partial charge in [-0.15, -0.1) is 5.10 Å². The van der Waals surface area contributed by atoms with E-state index >= 15 is 0 Å². The van der Waals surface area contributed by atoms with Crippen LogP contribution in [0.3, 0.4) is 0 Å². The Morgan fingerprint density at radius 2 is 2.21 bits per heavy atom. The van der Waals surface area contributed by atoms with E-state index in [2.05, 4.69) is 9.59 Å². The summed E-state index contributed by atoms with van der Waals surface area (Å²) in [6.45, 7) is 2.71. The molecule has 0 aliphatic carbocycles. The highest BCUT2D eigenvalue weighted by atomic mass is 32.1. The van der Waals surface area contributed by atoms with Gasteiger partial charge in [-0.1, -0.05) is 11.4 Å². The fourth-order valence-corrected chi connectivity index (χ4v) is 3.87. The molecule has 0 bridgehead atoms. The fraction of sp³-hybridized carbons (Fsp3) is 0.471. The summed E-state index contributed by atoms with van der Waals surface area (Å²) in [5.41, 5.74) is 1.76. The number of ether oxygens (including phenoxy) is 2. The van der Waals surface area contributed by atoms with Gasteiger partial charge in [-0.05, 0) is 49.0 Å². The number of aromatic nitrogens is 2. The smallest absolute Gasteiger partial charge is 0.268 e. The van der Waals surface area contributed by atoms with Gasteiger partial charge in [-0.3, -0.25) is 4.79 Å². The molecule has 2 aromatic rings. The third-order valence-corrected chi connectivity index (χ3v) is 5.15. The van der Waals surface area contributed by atoms with E-state index in [-0.39, 0.29) is 11.9 Å². The Morgan fingerprint density at radius 3 is 2.92 bits per heavy atom. The van der Waals surface area contributed by atoms with Crippen molar-refractivity contribution in [3.05, 3.63) is 34.3 Å². The molecule has 128 valence electrons. The summed E-state index contributed by atoms with van der Waals surface area (Å²) in [7, 11) is 3.29. The summed E-state index contributed by atoms with van der Waals surface area (Å²) >= 11 is 1.18. The Hall–Kier alpha value is -2.15. The van der Waals surface area contributed by atoms with Crippen molar-refractivity contribution in [3.8, 4) is 11.5 Å². The van der Waals surface area contributed by atoms with E-state index in [0.717, 1.165) is 42.1 Å². The summed E-state index contributed by atoms with van der Waals surface area (Å²) in [5.74, 6) is 1.55. The second kappa shape index (κ2) is 7.17. The molecule has 0 radical (unpaired) electrons. The maximum atomic E-state index is 13.0. The number of rotatable bonds is 5. The maximum Gasteiger partial charge on any atom is 0.268 e. The van der Waals surface area contributed by atoms with Crippen LogP contribution in [0.2, 0.25) is 0 Å². The van der Waals surface area contributed by atoms with Gasteiger partial charge in [0.05, 0.1) is 26.0 Å². The molecule has 6 nitrogen and oxygen atoms in total. The molecule has 0 N–H and O–H groups in total. The lowest BCUT2D eigenvalue weighted by atomic mass is 10.0. The molecule has 1 saturated heterocycles. The van der Waals surface area contributed by atoms with Crippen molar-refractivity contribution < 1.29 is 14.3 Å². The number of nitrogens with zero attached hydrogens (tertiary/aromatic N) is 3. The Balaban J connectivity index is 1.95. The highest BCUT2D eigenvalue weighted by Gasteiger charge is 2.34. The summed E-state index contributed by atoms with van der Waals surface area (Å²) in [6, 6.07) is 5.70. The Kier molecular flexibility index (Phi) is 4.99. The second-order valence-corrected chi connectivity index (χ2v) is 6.42. The number of hydrogen-bond donors (Lipinski definition) is 0. The first-order chi connectivity index (χ1) is 11.7. The third kappa shape index (κ3) is 2.96. The quantitative estimate of drug-likeness (QED) is 0.831. The Labute approximate surface area is 145 Å². The van der Waals surface area contributed by atoms with E-state index < -0.39 is 0 Å². The van der Waals surface area contributed by atoms with Crippen LogP contribution in [0.15, 0.2) is 18.2 Å². The summed E-state index contributed by atoms with van der Waals surface area (Å²) < 4.78 is 14.8. The van der Waals surface area contributed by atoms with Crippen molar-refractivity contribution in [2.24, 2.45) is 0 Å². The van der Waals surface area contributed by atoms with Crippen molar-refractivity contribution >= 4 is 17.4 Å². The van der Waals surface area contributed by atoms with E-state index in [4.69, 9.17) is 9.47 Å². The lowest BCUT2D eigenvalue weighted by molar-refractivity contribution is 0.0737. The van der Waals surface area contributed by atoms with Gasteiger partial charge in [0.25, 0.3) is 5.91 Å². The summed E-state index contributed by atoms with van der Waals surface area (Å²) in [5, 5.41) is 4.06. The molecular formula is C17H21N3O3S. The SMILES string of the molecule is CCc1nnsc1C(=O)N1CCC[C@H]1c1cc(OC)ccc1OC. The zero-order valence-corrected chi connectivity index (χ0v) is 14.9. The van der Waals surface area contributed by atoms with E-state index in [9.17, 15) is 4.79 Å². The zero-order chi connectivity index (χ0) is 17.1. The van der Waals surface area contributed by atoms with Crippen molar-refractivity contribution in [1.29, 1.82) is 0 Å². The Bertz CT molecular complexity index is 732. The zero-order valence-electron chi connectivity index (χ0n) is 14.1. The molecule has 1 amide bonds. The minimum Gasteiger partial charge on any atom is -0.497 e. The molecular weight excluding hydrogens is 326 g/mol. The number of likely N-dealkylation sites (tertiary alicyclic amines) is 1. The highest BCUT2D eigenvalue weighted by molar-refractivity contribution is 7.08. The van der Waals surface area contributed by atoms with E-state index in [1.165, 1.54) is 11.5 Å². The van der Waals surface area contributed by atoms with Crippen LogP contribution in [0.5, 0.6) is 11.5 Å². The number of carbonyl (C=O) groups is 1. The molecule has 2 heterocycles. The number of benzene rings is 1. The van der Waals surface area contributed by atoms with Gasteiger partial charge < -0.3 is 14.4 Å². The second-order valence-electron chi connectivity index (χ2n) is 5.67. The lowest BCUT2D eigenvalue weighted by Gasteiger charge is -2.26. The van der Waals surface area contributed by atoms with Crippen molar-refractivity contribution in [2.75, 3.05) is 20.8 Å². The number of carbonyl (C=O) groups excluding carboxylic acids is 1. The van der Waals surface area contributed by atoms with E-state index in [1.54, 1.807) is 14.2 Å². The Morgan fingerprint density at radius 1 is 1.38 bits per heavy atom. The van der Waals surface area contributed by atoms with E-state index in [0.29, 0.717) is 11.3 Å². The largest absolute Gasteiger partial charge is 0.497 e. The highest BCUT2D eigenvalue weighted by Crippen LogP contribution is 2.40. The normalized spacial score (nSPS) is 17.1. The minimum atomic E-state index is -0.0191. The number of amides is 1. The molecule has 1 aliphatic rings. The third-order valence-electron chi connectivity index (χ3n) is 4.39. The van der Waals surface area contributed by atoms with Gasteiger partial charge in [0.15, 0.2) is 0 Å². The maximum absolute atomic E-state index is 13.0. The summed E-state index contributed by atoms with van der Waals surface area (Å²) in [6.07, 6.45) is 2.58. The predicted octanol–water partition coefficient (Wildman–Crippen LogP) is 3.10. The summed E-state index contributed by atoms with van der Waals surface area (Å²) in [4.78, 5) is 15.6. The van der Waals surface area contributed by atoms with Crippen LogP contribution in [-0.2, 0) is 6.42 Å². The van der Waals surface area contributed by atoms with E-state index in [1.807, 2.05) is 30.0 Å². The van der Waals surface area contributed by atoms with Crippen LogP contribution >= 0.6 is 11.5 Å². The fourth-order valence-electron chi connectivity index (χ4n) is 3.17. The van der Waals surface area contributed by atoms with Crippen LogP contribution in [0.1, 0.15) is 46.7 Å². The molecule has 7 heteroatoms. The van der Waals surface area contributed by atoms with Crippen LogP contribution in [0.25, 0.3) is 0 Å². The minimum absolute atomic E-state index is 0.00854. The number of aryl methyl sites for hydroxylation is 1. The molecule has 0 unspecified atom stereocenters. The number of methoxy groups -OCH3 is 2. The van der Waals surface area contributed by atoms with Gasteiger partial charge >= 0.3 is 0 Å². The van der Waals surface area contributed by atoms with Gasteiger partial charge in [0.1, 0.15) is 16.4 Å². The van der Waals surface area contributed by atoms with Crippen LogP contribution < -0.4 is 9.47 Å². The van der Waals surface area contributed by atoms with Crippen LogP contribution in [0.4, 0.5) is 0 Å². The van der Waals surface area contributed by atoms with Gasteiger partial charge in [0, 0.05) is 12.1 Å². The van der Waals surface area contributed by atoms with Crippen LogP contribution in [-0.4, -0.2) is 41.2 Å². The molecule has 24 heavy (non-hydrogen) atoms. The number of hydrogen-bond acceptors (Lipinski definition) is 6. The molecule has 3 rings (SSSR count). The average molecular weight is 347 g/mol. The van der Waals surface area contributed by atoms with Gasteiger partial charge in [-0.2, -0.15) is 0 Å². The first-order valence-electron chi connectivity index (χ1n) is 8.03. The van der Waals surface area contributed by atoms with Crippen molar-refractivity contribution in [2.45, 2.75) is 32.2 Å². The molecule has 1 aromatic heterocycles.